The first kappa shape index (κ1) is 21.2. The largest absolute Gasteiger partial charge is 0.496 e. The quantitative estimate of drug-likeness (QED) is 0.789. The summed E-state index contributed by atoms with van der Waals surface area (Å²) in [5.74, 6) is 1.23. The maximum absolute atomic E-state index is 14.5. The van der Waals surface area contributed by atoms with Crippen LogP contribution in [0.5, 0.6) is 5.75 Å². The molecule has 2 N–H and O–H groups in total. The van der Waals surface area contributed by atoms with Crippen LogP contribution in [0.2, 0.25) is 5.02 Å². The normalized spacial score (nSPS) is 15.2. The molecule has 1 atom stereocenters. The number of nitrogens with zero attached hydrogens (tertiary/aromatic N) is 2. The van der Waals surface area contributed by atoms with E-state index in [1.165, 1.54) is 6.07 Å². The van der Waals surface area contributed by atoms with E-state index in [0.717, 1.165) is 17.0 Å². The van der Waals surface area contributed by atoms with Crippen molar-refractivity contribution in [2.24, 2.45) is 4.99 Å². The fourth-order valence-corrected chi connectivity index (χ4v) is 3.18. The Bertz CT molecular complexity index is 761. The Morgan fingerprint density at radius 3 is 2.44 bits per heavy atom. The number of benzene rings is 2. The number of fused-ring (bicyclic) bond motifs is 1. The van der Waals surface area contributed by atoms with E-state index in [-0.39, 0.29) is 23.7 Å². The third-order valence-corrected chi connectivity index (χ3v) is 4.40. The molecule has 0 saturated carbocycles. The van der Waals surface area contributed by atoms with Gasteiger partial charge in [-0.25, -0.2) is 4.39 Å². The smallest absolute Gasteiger partial charge is 0.130 e. The van der Waals surface area contributed by atoms with E-state index in [9.17, 15) is 4.39 Å². The van der Waals surface area contributed by atoms with Crippen molar-refractivity contribution in [2.75, 3.05) is 21.2 Å². The summed E-state index contributed by atoms with van der Waals surface area (Å²) in [4.78, 5) is 6.71. The zero-order chi connectivity index (χ0) is 16.6. The van der Waals surface area contributed by atoms with Crippen LogP contribution >= 0.6 is 24.0 Å². The highest BCUT2D eigenvalue weighted by atomic mass is 35.5. The molecule has 0 fully saturated rings. The molecule has 7 heteroatoms. The lowest BCUT2D eigenvalue weighted by atomic mass is 9.89. The van der Waals surface area contributed by atoms with Gasteiger partial charge in [-0.3, -0.25) is 4.99 Å². The van der Waals surface area contributed by atoms with Crippen molar-refractivity contribution in [2.45, 2.75) is 12.5 Å². The number of halogens is 3. The number of amidine groups is 1. The van der Waals surface area contributed by atoms with E-state index < -0.39 is 6.04 Å². The van der Waals surface area contributed by atoms with Crippen molar-refractivity contribution in [3.05, 3.63) is 63.9 Å². The van der Waals surface area contributed by atoms with Crippen LogP contribution in [0.1, 0.15) is 22.7 Å². The Kier molecular flexibility index (Phi) is 7.23. The Morgan fingerprint density at radius 2 is 1.84 bits per heavy atom. The Balaban J connectivity index is 0.00000156. The zero-order valence-electron chi connectivity index (χ0n) is 14.2. The molecule has 1 unspecified atom stereocenters. The van der Waals surface area contributed by atoms with Crippen LogP contribution in [0.3, 0.4) is 0 Å². The number of rotatable bonds is 2. The fraction of sp³-hybridized carbons (Fsp3) is 0.278. The van der Waals surface area contributed by atoms with Crippen LogP contribution in [-0.2, 0) is 6.42 Å². The van der Waals surface area contributed by atoms with E-state index in [4.69, 9.17) is 21.3 Å². The summed E-state index contributed by atoms with van der Waals surface area (Å²) >= 11 is 6.29. The summed E-state index contributed by atoms with van der Waals surface area (Å²) in [5, 5.41) is 0.371. The molecule has 2 aromatic carbocycles. The molecule has 1 aliphatic rings. The molecule has 0 spiro atoms. The Labute approximate surface area is 158 Å². The Hall–Kier alpha value is -1.82. The van der Waals surface area contributed by atoms with E-state index in [1.807, 2.05) is 37.2 Å². The summed E-state index contributed by atoms with van der Waals surface area (Å²) < 4.78 is 20.0. The first-order valence-corrected chi connectivity index (χ1v) is 7.74. The standard InChI is InChI=1S/C18H18ClFN2O.ClH.H2O/c1-22(2)15-10-11-6-4-9-14(23-3)16(11)18(21-15)17-12(19)7-5-8-13(17)20;;/h4-9,18H,10H2,1-3H3;1H;1H2. The van der Waals surface area contributed by atoms with Crippen LogP contribution in [0.4, 0.5) is 4.39 Å². The second-order valence-corrected chi connectivity index (χ2v) is 6.09. The highest BCUT2D eigenvalue weighted by molar-refractivity contribution is 6.31. The van der Waals surface area contributed by atoms with E-state index in [2.05, 4.69) is 0 Å². The zero-order valence-corrected chi connectivity index (χ0v) is 15.8. The van der Waals surface area contributed by atoms with E-state index >= 15 is 0 Å². The van der Waals surface area contributed by atoms with Gasteiger partial charge in [-0.2, -0.15) is 0 Å². The number of hydrogen-bond donors (Lipinski definition) is 0. The average Bonchev–Trinajstić information content (AvgIpc) is 2.53. The van der Waals surface area contributed by atoms with Crippen LogP contribution < -0.4 is 4.74 Å². The van der Waals surface area contributed by atoms with Crippen LogP contribution in [0.25, 0.3) is 0 Å². The topological polar surface area (TPSA) is 56.3 Å². The van der Waals surface area contributed by atoms with Gasteiger partial charge < -0.3 is 15.1 Å². The van der Waals surface area contributed by atoms with Crippen molar-refractivity contribution in [3.8, 4) is 5.75 Å². The minimum atomic E-state index is -0.513. The molecule has 136 valence electrons. The number of ether oxygens (including phenoxy) is 1. The number of likely N-dealkylation sites (N-methyl/N-ethyl adjacent to an activating group) is 1. The van der Waals surface area contributed by atoms with Gasteiger partial charge in [0.25, 0.3) is 0 Å². The van der Waals surface area contributed by atoms with Crippen LogP contribution in [0, 0.1) is 5.82 Å². The molecule has 0 aliphatic carbocycles. The fourth-order valence-electron chi connectivity index (χ4n) is 2.92. The van der Waals surface area contributed by atoms with Gasteiger partial charge in [0.15, 0.2) is 0 Å². The first-order valence-electron chi connectivity index (χ1n) is 7.36. The second kappa shape index (κ2) is 8.52. The minimum absolute atomic E-state index is 0. The van der Waals surface area contributed by atoms with Gasteiger partial charge in [0.2, 0.25) is 0 Å². The molecular formula is C18H21Cl2FN2O2. The average molecular weight is 387 g/mol. The van der Waals surface area contributed by atoms with Crippen molar-refractivity contribution >= 4 is 29.8 Å². The first-order chi connectivity index (χ1) is 11.0. The molecule has 1 heterocycles. The minimum Gasteiger partial charge on any atom is -0.496 e. The molecule has 25 heavy (non-hydrogen) atoms. The number of aliphatic imine (C=N–C) groups is 1. The predicted molar refractivity (Wildman–Crippen MR) is 102 cm³/mol. The molecule has 0 aromatic heterocycles. The second-order valence-electron chi connectivity index (χ2n) is 5.69. The highest BCUT2D eigenvalue weighted by Gasteiger charge is 2.30. The van der Waals surface area contributed by atoms with Crippen molar-refractivity contribution < 1.29 is 14.6 Å². The molecule has 0 saturated heterocycles. The van der Waals surface area contributed by atoms with Gasteiger partial charge >= 0.3 is 0 Å². The molecule has 3 rings (SSSR count). The lowest BCUT2D eigenvalue weighted by Crippen LogP contribution is -2.29. The monoisotopic (exact) mass is 386 g/mol. The molecule has 4 nitrogen and oxygen atoms in total. The van der Waals surface area contributed by atoms with Crippen LogP contribution in [-0.4, -0.2) is 37.4 Å². The molecule has 0 bridgehead atoms. The molecule has 1 aliphatic heterocycles. The third-order valence-electron chi connectivity index (χ3n) is 4.07. The van der Waals surface area contributed by atoms with Gasteiger partial charge in [0.05, 0.1) is 7.11 Å². The highest BCUT2D eigenvalue weighted by Crippen LogP contribution is 2.42. The van der Waals surface area contributed by atoms with E-state index in [1.54, 1.807) is 19.2 Å². The lowest BCUT2D eigenvalue weighted by Gasteiger charge is -2.29. The van der Waals surface area contributed by atoms with Crippen molar-refractivity contribution in [1.82, 2.24) is 4.90 Å². The predicted octanol–water partition coefficient (Wildman–Crippen LogP) is 3.69. The summed E-state index contributed by atoms with van der Waals surface area (Å²) in [6.07, 6.45) is 0.683. The van der Waals surface area contributed by atoms with Crippen molar-refractivity contribution in [3.63, 3.8) is 0 Å². The summed E-state index contributed by atoms with van der Waals surface area (Å²) in [6, 6.07) is 10.0. The number of hydrogen-bond acceptors (Lipinski definition) is 3. The van der Waals surface area contributed by atoms with Gasteiger partial charge in [-0.1, -0.05) is 29.8 Å². The summed E-state index contributed by atoms with van der Waals surface area (Å²) in [7, 11) is 5.48. The third kappa shape index (κ3) is 3.89. The van der Waals surface area contributed by atoms with Gasteiger partial charge in [-0.15, -0.1) is 12.4 Å². The maximum atomic E-state index is 14.5. The van der Waals surface area contributed by atoms with Gasteiger partial charge in [-0.05, 0) is 23.8 Å². The molecule has 2 aromatic rings. The molecular weight excluding hydrogens is 366 g/mol. The van der Waals surface area contributed by atoms with Crippen molar-refractivity contribution in [1.29, 1.82) is 0 Å². The van der Waals surface area contributed by atoms with E-state index in [0.29, 0.717) is 22.8 Å². The SMILES string of the molecule is COc1cccc2c1C(c1c(F)cccc1Cl)N=C(N(C)C)C2.Cl.O. The van der Waals surface area contributed by atoms with Gasteiger partial charge in [0, 0.05) is 36.7 Å². The van der Waals surface area contributed by atoms with Gasteiger partial charge in [0.1, 0.15) is 23.4 Å². The summed E-state index contributed by atoms with van der Waals surface area (Å²) in [6.45, 7) is 0. The lowest BCUT2D eigenvalue weighted by molar-refractivity contribution is 0.405. The molecule has 0 amide bonds. The maximum Gasteiger partial charge on any atom is 0.130 e. The summed E-state index contributed by atoms with van der Waals surface area (Å²) in [5.41, 5.74) is 2.35. The van der Waals surface area contributed by atoms with Crippen LogP contribution in [0.15, 0.2) is 41.4 Å². The molecule has 0 radical (unpaired) electrons. The Morgan fingerprint density at radius 1 is 1.16 bits per heavy atom. The number of methoxy groups -OCH3 is 1.